The molecule has 10 heteroatoms. The Bertz CT molecular complexity index is 1010. The second-order valence-corrected chi connectivity index (χ2v) is 7.87. The zero-order chi connectivity index (χ0) is 18.7. The topological polar surface area (TPSA) is 86.5 Å². The van der Waals surface area contributed by atoms with Crippen LogP contribution in [0.3, 0.4) is 0 Å². The smallest absolute Gasteiger partial charge is 0.341 e. The van der Waals surface area contributed by atoms with E-state index in [4.69, 9.17) is 9.26 Å². The molecule has 136 valence electrons. The fourth-order valence-electron chi connectivity index (χ4n) is 2.11. The van der Waals surface area contributed by atoms with Crippen molar-refractivity contribution in [1.82, 2.24) is 5.16 Å². The number of ether oxygens (including phenoxy) is 1. The van der Waals surface area contributed by atoms with Crippen molar-refractivity contribution >= 4 is 27.1 Å². The van der Waals surface area contributed by atoms with Gasteiger partial charge in [-0.25, -0.2) is 13.2 Å². The molecule has 0 saturated heterocycles. The van der Waals surface area contributed by atoms with Crippen LogP contribution < -0.4 is 0 Å². The number of thiophene rings is 1. The van der Waals surface area contributed by atoms with Crippen molar-refractivity contribution in [1.29, 1.82) is 0 Å². The molecule has 0 amide bonds. The van der Waals surface area contributed by atoms with Gasteiger partial charge in [0.15, 0.2) is 5.76 Å². The molecule has 0 spiro atoms. The molecular formula is C16H11F2NO5S2. The van der Waals surface area contributed by atoms with Crippen molar-refractivity contribution in [3.8, 4) is 10.6 Å². The Morgan fingerprint density at radius 2 is 2.00 bits per heavy atom. The van der Waals surface area contributed by atoms with Gasteiger partial charge in [-0.15, -0.1) is 11.3 Å². The van der Waals surface area contributed by atoms with Gasteiger partial charge in [0.2, 0.25) is 9.84 Å². The van der Waals surface area contributed by atoms with E-state index in [9.17, 15) is 22.0 Å². The summed E-state index contributed by atoms with van der Waals surface area (Å²) in [5.74, 6) is -4.20. The predicted molar refractivity (Wildman–Crippen MR) is 88.6 cm³/mol. The molecule has 0 saturated carbocycles. The second-order valence-electron chi connectivity index (χ2n) is 5.04. The van der Waals surface area contributed by atoms with E-state index in [-0.39, 0.29) is 6.61 Å². The zero-order valence-electron chi connectivity index (χ0n) is 13.0. The molecule has 2 heterocycles. The fraction of sp³-hybridized carbons (Fsp3) is 0.125. The molecule has 1 aromatic carbocycles. The maximum absolute atomic E-state index is 12.8. The van der Waals surface area contributed by atoms with Crippen LogP contribution in [0.4, 0.5) is 8.78 Å². The van der Waals surface area contributed by atoms with Gasteiger partial charge in [0.25, 0.3) is 0 Å². The van der Waals surface area contributed by atoms with Crippen LogP contribution in [-0.4, -0.2) is 25.3 Å². The molecule has 0 radical (unpaired) electrons. The predicted octanol–water partition coefficient (Wildman–Crippen LogP) is 3.76. The van der Waals surface area contributed by atoms with Crippen molar-refractivity contribution < 1.29 is 31.3 Å². The molecular weight excluding hydrogens is 388 g/mol. The number of carbonyl (C=O) groups is 1. The van der Waals surface area contributed by atoms with E-state index >= 15 is 0 Å². The van der Waals surface area contributed by atoms with E-state index in [1.54, 1.807) is 6.07 Å². The molecule has 2 aromatic heterocycles. The number of aromatic nitrogens is 1. The van der Waals surface area contributed by atoms with Crippen molar-refractivity contribution in [2.75, 3.05) is 0 Å². The number of nitrogens with zero attached hydrogens (tertiary/aromatic N) is 1. The summed E-state index contributed by atoms with van der Waals surface area (Å²) < 4.78 is 59.0. The highest BCUT2D eigenvalue weighted by Crippen LogP contribution is 2.26. The Hall–Kier alpha value is -2.59. The third kappa shape index (κ3) is 3.65. The van der Waals surface area contributed by atoms with Crippen LogP contribution in [0, 0.1) is 0 Å². The molecule has 0 unspecified atom stereocenters. The van der Waals surface area contributed by atoms with Gasteiger partial charge >= 0.3 is 11.7 Å². The quantitative estimate of drug-likeness (QED) is 0.587. The van der Waals surface area contributed by atoms with Crippen molar-refractivity contribution in [2.24, 2.45) is 0 Å². The number of alkyl halides is 2. The average Bonchev–Trinajstić information content (AvgIpc) is 3.30. The molecule has 0 aliphatic carbocycles. The van der Waals surface area contributed by atoms with Crippen LogP contribution in [0.15, 0.2) is 57.3 Å². The average molecular weight is 399 g/mol. The Balaban J connectivity index is 1.76. The van der Waals surface area contributed by atoms with Gasteiger partial charge < -0.3 is 9.26 Å². The summed E-state index contributed by atoms with van der Waals surface area (Å²) in [6.45, 7) is -0.295. The number of sulfone groups is 1. The number of carbonyl (C=O) groups excluding carboxylic acids is 1. The summed E-state index contributed by atoms with van der Waals surface area (Å²) in [5.41, 5.74) is -0.161. The van der Waals surface area contributed by atoms with Gasteiger partial charge in [0.05, 0.1) is 15.3 Å². The highest BCUT2D eigenvalue weighted by molar-refractivity contribution is 7.91. The SMILES string of the molecule is O=C(OCc1cc(-c2cccs2)on1)c1ccccc1S(=O)(=O)C(F)F. The van der Waals surface area contributed by atoms with Crippen molar-refractivity contribution in [3.05, 3.63) is 59.1 Å². The van der Waals surface area contributed by atoms with E-state index < -0.39 is 32.0 Å². The fourth-order valence-corrected chi connectivity index (χ4v) is 3.70. The van der Waals surface area contributed by atoms with Crippen LogP contribution in [0.2, 0.25) is 0 Å². The highest BCUT2D eigenvalue weighted by Gasteiger charge is 2.31. The molecule has 0 N–H and O–H groups in total. The van der Waals surface area contributed by atoms with Gasteiger partial charge in [-0.1, -0.05) is 23.4 Å². The van der Waals surface area contributed by atoms with Crippen LogP contribution in [-0.2, 0) is 21.2 Å². The summed E-state index contributed by atoms with van der Waals surface area (Å²) in [6.07, 6.45) is 0. The van der Waals surface area contributed by atoms with Gasteiger partial charge in [0.1, 0.15) is 12.3 Å². The lowest BCUT2D eigenvalue weighted by atomic mass is 10.2. The number of benzene rings is 1. The first-order valence-electron chi connectivity index (χ1n) is 7.17. The molecule has 6 nitrogen and oxygen atoms in total. The molecule has 0 aliphatic heterocycles. The van der Waals surface area contributed by atoms with Crippen molar-refractivity contribution in [3.63, 3.8) is 0 Å². The molecule has 3 aromatic rings. The Kier molecular flexibility index (Phi) is 5.14. The van der Waals surface area contributed by atoms with Gasteiger partial charge in [-0.2, -0.15) is 8.78 Å². The standard InChI is InChI=1S/C16H11F2NO5S2/c17-16(18)26(21,22)14-6-2-1-4-11(14)15(20)23-9-10-8-12(24-19-10)13-5-3-7-25-13/h1-8,16H,9H2. The molecule has 0 bridgehead atoms. The van der Waals surface area contributed by atoms with E-state index in [0.29, 0.717) is 11.5 Å². The largest absolute Gasteiger partial charge is 0.455 e. The number of halogens is 2. The summed E-state index contributed by atoms with van der Waals surface area (Å²) in [6, 6.07) is 9.87. The number of hydrogen-bond donors (Lipinski definition) is 0. The normalized spacial score (nSPS) is 11.7. The van der Waals surface area contributed by atoms with Crippen molar-refractivity contribution in [2.45, 2.75) is 17.3 Å². The highest BCUT2D eigenvalue weighted by atomic mass is 32.2. The number of rotatable bonds is 6. The molecule has 0 fully saturated rings. The van der Waals surface area contributed by atoms with Gasteiger partial charge in [-0.3, -0.25) is 0 Å². The number of esters is 1. The first kappa shape index (κ1) is 18.2. The van der Waals surface area contributed by atoms with Crippen LogP contribution in [0.1, 0.15) is 16.1 Å². The maximum Gasteiger partial charge on any atom is 0.341 e. The minimum atomic E-state index is -4.93. The third-order valence-electron chi connectivity index (χ3n) is 3.32. The Morgan fingerprint density at radius 3 is 2.69 bits per heavy atom. The van der Waals surface area contributed by atoms with E-state index in [0.717, 1.165) is 17.0 Å². The lowest BCUT2D eigenvalue weighted by molar-refractivity contribution is 0.0459. The van der Waals surface area contributed by atoms with Gasteiger partial charge in [0, 0.05) is 6.07 Å². The summed E-state index contributed by atoms with van der Waals surface area (Å²) >= 11 is 1.44. The zero-order valence-corrected chi connectivity index (χ0v) is 14.6. The summed E-state index contributed by atoms with van der Waals surface area (Å²) in [5, 5.41) is 5.61. The van der Waals surface area contributed by atoms with E-state index in [2.05, 4.69) is 5.16 Å². The van der Waals surface area contributed by atoms with Crippen LogP contribution in [0.5, 0.6) is 0 Å². The summed E-state index contributed by atoms with van der Waals surface area (Å²) in [4.78, 5) is 12.2. The second kappa shape index (κ2) is 7.34. The lowest BCUT2D eigenvalue weighted by Gasteiger charge is -2.09. The van der Waals surface area contributed by atoms with E-state index in [1.165, 1.54) is 23.5 Å². The maximum atomic E-state index is 12.8. The summed E-state index contributed by atoms with van der Waals surface area (Å²) in [7, 11) is -4.93. The van der Waals surface area contributed by atoms with Gasteiger partial charge in [-0.05, 0) is 23.6 Å². The molecule has 0 aliphatic rings. The molecule has 3 rings (SSSR count). The first-order chi connectivity index (χ1) is 12.4. The monoisotopic (exact) mass is 399 g/mol. The van der Waals surface area contributed by atoms with Crippen LogP contribution in [0.25, 0.3) is 10.6 Å². The Morgan fingerprint density at radius 1 is 1.23 bits per heavy atom. The minimum Gasteiger partial charge on any atom is -0.455 e. The van der Waals surface area contributed by atoms with E-state index in [1.807, 2.05) is 17.5 Å². The molecule has 0 atom stereocenters. The third-order valence-corrected chi connectivity index (χ3v) is 5.64. The first-order valence-corrected chi connectivity index (χ1v) is 9.60. The minimum absolute atomic E-state index is 0.295. The lowest BCUT2D eigenvalue weighted by Crippen LogP contribution is -2.17. The number of hydrogen-bond acceptors (Lipinski definition) is 7. The van der Waals surface area contributed by atoms with Crippen LogP contribution >= 0.6 is 11.3 Å². The molecule has 26 heavy (non-hydrogen) atoms. The Labute approximate surface area is 150 Å².